The van der Waals surface area contributed by atoms with E-state index < -0.39 is 10.1 Å². The Morgan fingerprint density at radius 1 is 0.564 bits per heavy atom. The summed E-state index contributed by atoms with van der Waals surface area (Å²) in [4.78, 5) is -0.0804. The largest absolute Gasteiger partial charge is 1.00 e. The maximum absolute atomic E-state index is 11.9. The first-order valence-electron chi connectivity index (χ1n) is 16.0. The van der Waals surface area contributed by atoms with Crippen molar-refractivity contribution in [3.05, 3.63) is 41.5 Å². The predicted molar refractivity (Wildman–Crippen MR) is 163 cm³/mol. The third-order valence-corrected chi connectivity index (χ3v) is 8.82. The van der Waals surface area contributed by atoms with Gasteiger partial charge in [0.15, 0.2) is 0 Å². The van der Waals surface area contributed by atoms with E-state index in [0.717, 1.165) is 43.1 Å². The summed E-state index contributed by atoms with van der Waals surface area (Å²) in [5.74, 6) is 0. The van der Waals surface area contributed by atoms with E-state index in [1.54, 1.807) is 12.1 Å². The van der Waals surface area contributed by atoms with E-state index in [1.807, 2.05) is 12.1 Å². The van der Waals surface area contributed by atoms with E-state index in [-0.39, 0.29) is 56.3 Å². The molecule has 0 spiro atoms. The molecule has 0 fully saturated rings. The molecular weight excluding hydrogens is 528 g/mol. The van der Waals surface area contributed by atoms with Gasteiger partial charge in [-0.2, -0.15) is 0 Å². The van der Waals surface area contributed by atoms with Crippen LogP contribution in [0, 0.1) is 0 Å². The second-order valence-electron chi connectivity index (χ2n) is 11.4. The minimum absolute atomic E-state index is 0. The van der Waals surface area contributed by atoms with Crippen LogP contribution in [0.3, 0.4) is 0 Å². The zero-order chi connectivity index (χ0) is 27.5. The van der Waals surface area contributed by atoms with Crippen molar-refractivity contribution < 1.29 is 64.4 Å². The molecule has 2 aromatic rings. The number of benzene rings is 2. The minimum atomic E-state index is -4.47. The van der Waals surface area contributed by atoms with Crippen LogP contribution in [0.1, 0.15) is 153 Å². The standard InChI is InChI=1S/C34H56O3S.K/c1-3-5-7-9-11-13-15-17-19-21-24-30-26-23-27-32-29-33(38(35,36)37)28-31(34(30)32)25-22-20-18-16-14-12-10-8-6-4-2;/h23,26-29H,3-22,24-25H2,1-2H3,(H,35,36,37);/q;+1/p-1. The SMILES string of the molecule is CCCCCCCCCCCCc1cccc2cc(S(=O)(=O)[O-])cc(CCCCCCCCCCCC)c12.[K+]. The number of unbranched alkanes of at least 4 members (excludes halogenated alkanes) is 18. The zero-order valence-corrected chi connectivity index (χ0v) is 29.5. The maximum Gasteiger partial charge on any atom is 1.00 e. The van der Waals surface area contributed by atoms with Crippen LogP contribution in [0.25, 0.3) is 10.8 Å². The van der Waals surface area contributed by atoms with Crippen LogP contribution in [0.15, 0.2) is 35.2 Å². The van der Waals surface area contributed by atoms with Crippen molar-refractivity contribution in [3.63, 3.8) is 0 Å². The van der Waals surface area contributed by atoms with Crippen LogP contribution >= 0.6 is 0 Å². The maximum atomic E-state index is 11.9. The molecule has 0 aliphatic rings. The van der Waals surface area contributed by atoms with E-state index in [9.17, 15) is 13.0 Å². The molecule has 2 rings (SSSR count). The molecule has 0 saturated carbocycles. The Balaban J connectivity index is 0.00000760. The van der Waals surface area contributed by atoms with Crippen LogP contribution < -0.4 is 51.4 Å². The molecule has 0 aromatic heterocycles. The molecular formula is C34H55KO3S. The van der Waals surface area contributed by atoms with Gasteiger partial charge in [0.25, 0.3) is 0 Å². The quantitative estimate of drug-likeness (QED) is 0.0767. The molecule has 0 aliphatic carbocycles. The van der Waals surface area contributed by atoms with Crippen molar-refractivity contribution in [1.29, 1.82) is 0 Å². The third kappa shape index (κ3) is 15.9. The van der Waals surface area contributed by atoms with Crippen LogP contribution in [0.4, 0.5) is 0 Å². The average Bonchev–Trinajstić information content (AvgIpc) is 2.90. The van der Waals surface area contributed by atoms with E-state index in [0.29, 0.717) is 0 Å². The number of hydrogen-bond acceptors (Lipinski definition) is 3. The van der Waals surface area contributed by atoms with Crippen molar-refractivity contribution in [2.75, 3.05) is 0 Å². The average molecular weight is 583 g/mol. The topological polar surface area (TPSA) is 57.2 Å². The number of hydrogen-bond donors (Lipinski definition) is 0. The van der Waals surface area contributed by atoms with Crippen LogP contribution in [0.5, 0.6) is 0 Å². The first-order valence-corrected chi connectivity index (χ1v) is 17.4. The molecule has 0 unspecified atom stereocenters. The molecule has 0 atom stereocenters. The van der Waals surface area contributed by atoms with Gasteiger partial charge < -0.3 is 4.55 Å². The van der Waals surface area contributed by atoms with Gasteiger partial charge in [0.05, 0.1) is 4.90 Å². The molecule has 0 N–H and O–H groups in total. The molecule has 0 bridgehead atoms. The molecule has 39 heavy (non-hydrogen) atoms. The van der Waals surface area contributed by atoms with Crippen LogP contribution in [-0.2, 0) is 23.0 Å². The first kappa shape index (κ1) is 37.3. The first-order chi connectivity index (χ1) is 18.5. The zero-order valence-electron chi connectivity index (χ0n) is 25.6. The molecule has 216 valence electrons. The molecule has 2 aromatic carbocycles. The van der Waals surface area contributed by atoms with Crippen LogP contribution in [-0.4, -0.2) is 13.0 Å². The number of rotatable bonds is 23. The van der Waals surface area contributed by atoms with Gasteiger partial charge in [-0.15, -0.1) is 0 Å². The smallest absolute Gasteiger partial charge is 0.744 e. The number of aryl methyl sites for hydroxylation is 2. The normalized spacial score (nSPS) is 11.7. The van der Waals surface area contributed by atoms with Gasteiger partial charge in [0.2, 0.25) is 0 Å². The summed E-state index contributed by atoms with van der Waals surface area (Å²) in [5, 5.41) is 2.08. The summed E-state index contributed by atoms with van der Waals surface area (Å²) in [5.41, 5.74) is 2.35. The van der Waals surface area contributed by atoms with Crippen molar-refractivity contribution in [2.24, 2.45) is 0 Å². The van der Waals surface area contributed by atoms with E-state index in [1.165, 1.54) is 120 Å². The molecule has 0 amide bonds. The Kier molecular flexibility index (Phi) is 21.8. The van der Waals surface area contributed by atoms with E-state index in [4.69, 9.17) is 0 Å². The van der Waals surface area contributed by atoms with Gasteiger partial charge in [-0.3, -0.25) is 0 Å². The second kappa shape index (κ2) is 22.8. The molecule has 0 aliphatic heterocycles. The Bertz CT molecular complexity index is 1000. The molecule has 0 radical (unpaired) electrons. The summed E-state index contributed by atoms with van der Waals surface area (Å²) in [6.07, 6.45) is 27.8. The molecule has 3 nitrogen and oxygen atoms in total. The van der Waals surface area contributed by atoms with Gasteiger partial charge in [-0.1, -0.05) is 148 Å². The number of fused-ring (bicyclic) bond motifs is 1. The monoisotopic (exact) mass is 582 g/mol. The van der Waals surface area contributed by atoms with Crippen molar-refractivity contribution in [1.82, 2.24) is 0 Å². The van der Waals surface area contributed by atoms with Crippen LogP contribution in [0.2, 0.25) is 0 Å². The summed E-state index contributed by atoms with van der Waals surface area (Å²) < 4.78 is 35.6. The second-order valence-corrected chi connectivity index (χ2v) is 12.8. The van der Waals surface area contributed by atoms with Crippen molar-refractivity contribution in [3.8, 4) is 0 Å². The van der Waals surface area contributed by atoms with Gasteiger partial charge in [-0.05, 0) is 59.7 Å². The molecule has 0 saturated heterocycles. The fraction of sp³-hybridized carbons (Fsp3) is 0.706. The summed E-state index contributed by atoms with van der Waals surface area (Å²) in [7, 11) is -4.47. The molecule has 0 heterocycles. The van der Waals surface area contributed by atoms with Crippen molar-refractivity contribution >= 4 is 20.9 Å². The fourth-order valence-corrected chi connectivity index (χ4v) is 6.28. The van der Waals surface area contributed by atoms with Gasteiger partial charge in [0.1, 0.15) is 10.1 Å². The molecule has 5 heteroatoms. The summed E-state index contributed by atoms with van der Waals surface area (Å²) >= 11 is 0. The summed E-state index contributed by atoms with van der Waals surface area (Å²) in [6, 6.07) is 9.43. The van der Waals surface area contributed by atoms with E-state index in [2.05, 4.69) is 19.9 Å². The van der Waals surface area contributed by atoms with Crippen molar-refractivity contribution in [2.45, 2.75) is 160 Å². The van der Waals surface area contributed by atoms with Gasteiger partial charge >= 0.3 is 51.4 Å². The third-order valence-electron chi connectivity index (χ3n) is 8.01. The minimum Gasteiger partial charge on any atom is -0.744 e. The summed E-state index contributed by atoms with van der Waals surface area (Å²) in [6.45, 7) is 4.52. The predicted octanol–water partition coefficient (Wildman–Crippen LogP) is 7.67. The van der Waals surface area contributed by atoms with Gasteiger partial charge in [0, 0.05) is 0 Å². The Labute approximate surface area is 283 Å². The Hall–Kier alpha value is 0.246. The van der Waals surface area contributed by atoms with Gasteiger partial charge in [-0.25, -0.2) is 8.42 Å². The fourth-order valence-electron chi connectivity index (χ4n) is 5.73. The Morgan fingerprint density at radius 2 is 0.974 bits per heavy atom. The Morgan fingerprint density at radius 3 is 1.41 bits per heavy atom. The van der Waals surface area contributed by atoms with E-state index >= 15 is 0 Å².